The summed E-state index contributed by atoms with van der Waals surface area (Å²) in [5.41, 5.74) is 0. The second kappa shape index (κ2) is 6.34. The van der Waals surface area contributed by atoms with Crippen molar-refractivity contribution in [3.05, 3.63) is 0 Å². The van der Waals surface area contributed by atoms with Crippen molar-refractivity contribution in [3.63, 3.8) is 0 Å². The maximum Gasteiger partial charge on any atom is 0.225 e. The lowest BCUT2D eigenvalue weighted by molar-refractivity contribution is -0.130. The number of nitrogens with zero attached hydrogens (tertiary/aromatic N) is 2. The van der Waals surface area contributed by atoms with Crippen LogP contribution in [-0.2, 0) is 9.59 Å². The van der Waals surface area contributed by atoms with Gasteiger partial charge in [-0.25, -0.2) is 0 Å². The van der Waals surface area contributed by atoms with Gasteiger partial charge >= 0.3 is 0 Å². The highest BCUT2D eigenvalue weighted by atomic mass is 16.2. The quantitative estimate of drug-likeness (QED) is 0.794. The molecule has 1 aliphatic heterocycles. The number of hydrogen-bond acceptors (Lipinski definition) is 3. The minimum Gasteiger partial charge on any atom is -0.355 e. The number of amides is 2. The molecule has 0 spiro atoms. The molecule has 5 nitrogen and oxygen atoms in total. The van der Waals surface area contributed by atoms with Crippen LogP contribution in [0.2, 0.25) is 0 Å². The van der Waals surface area contributed by atoms with Gasteiger partial charge in [-0.15, -0.1) is 0 Å². The van der Waals surface area contributed by atoms with Crippen molar-refractivity contribution in [2.45, 2.75) is 57.0 Å². The highest BCUT2D eigenvalue weighted by Crippen LogP contribution is 2.29. The molecule has 1 N–H and O–H groups in total. The summed E-state index contributed by atoms with van der Waals surface area (Å²) in [7, 11) is 2.12. The number of rotatable bonds is 6. The van der Waals surface area contributed by atoms with E-state index in [2.05, 4.69) is 17.3 Å². The number of carbonyl (C=O) groups is 2. The summed E-state index contributed by atoms with van der Waals surface area (Å²) in [5, 5.41) is 3.01. The molecule has 1 atom stereocenters. The lowest BCUT2D eigenvalue weighted by atomic mass is 10.1. The van der Waals surface area contributed by atoms with Crippen LogP contribution in [0.25, 0.3) is 0 Å². The van der Waals surface area contributed by atoms with Gasteiger partial charge in [-0.1, -0.05) is 12.8 Å². The van der Waals surface area contributed by atoms with Crippen molar-refractivity contribution >= 4 is 11.8 Å². The summed E-state index contributed by atoms with van der Waals surface area (Å²) in [6.45, 7) is 2.23. The Kier molecular flexibility index (Phi) is 4.48. The fourth-order valence-electron chi connectivity index (χ4n) is 3.67. The minimum absolute atomic E-state index is 0.0630. The zero-order valence-corrected chi connectivity index (χ0v) is 13.0. The molecule has 3 rings (SSSR count). The molecule has 0 aromatic heterocycles. The maximum atomic E-state index is 12.2. The first-order chi connectivity index (χ1) is 10.1. The Morgan fingerprint density at radius 1 is 1.29 bits per heavy atom. The molecule has 118 valence electrons. The van der Waals surface area contributed by atoms with Gasteiger partial charge in [-0.3, -0.25) is 9.59 Å². The Balaban J connectivity index is 1.41. The van der Waals surface area contributed by atoms with Crippen LogP contribution in [0.1, 0.15) is 44.9 Å². The normalized spacial score (nSPS) is 26.9. The Morgan fingerprint density at radius 3 is 2.67 bits per heavy atom. The van der Waals surface area contributed by atoms with E-state index >= 15 is 0 Å². The molecule has 5 heteroatoms. The predicted octanol–water partition coefficient (Wildman–Crippen LogP) is 0.988. The monoisotopic (exact) mass is 293 g/mol. The van der Waals surface area contributed by atoms with Crippen LogP contribution in [0.15, 0.2) is 0 Å². The molecule has 3 fully saturated rings. The number of hydrogen-bond donors (Lipinski definition) is 1. The van der Waals surface area contributed by atoms with E-state index in [0.29, 0.717) is 25.6 Å². The maximum absolute atomic E-state index is 12.2. The molecule has 0 radical (unpaired) electrons. The third-order valence-electron chi connectivity index (χ3n) is 5.23. The third kappa shape index (κ3) is 3.57. The first-order valence-electron chi connectivity index (χ1n) is 8.42. The first-order valence-corrected chi connectivity index (χ1v) is 8.42. The molecule has 2 amide bonds. The van der Waals surface area contributed by atoms with Gasteiger partial charge in [0.25, 0.3) is 0 Å². The van der Waals surface area contributed by atoms with Gasteiger partial charge < -0.3 is 15.1 Å². The molecule has 0 aromatic carbocycles. The van der Waals surface area contributed by atoms with Crippen LogP contribution >= 0.6 is 0 Å². The van der Waals surface area contributed by atoms with E-state index in [1.807, 2.05) is 4.90 Å². The van der Waals surface area contributed by atoms with Crippen LogP contribution in [0.3, 0.4) is 0 Å². The molecule has 0 bridgehead atoms. The van der Waals surface area contributed by atoms with E-state index in [-0.39, 0.29) is 17.7 Å². The van der Waals surface area contributed by atoms with Gasteiger partial charge in [-0.05, 0) is 32.7 Å². The van der Waals surface area contributed by atoms with E-state index in [1.165, 1.54) is 25.7 Å². The Bertz CT molecular complexity index is 402. The molecule has 21 heavy (non-hydrogen) atoms. The van der Waals surface area contributed by atoms with Crippen LogP contribution in [0.4, 0.5) is 0 Å². The average molecular weight is 293 g/mol. The standard InChI is InChI=1S/C16H27N3O2/c1-18(13-6-7-13)9-8-17-16(21)12-10-15(20)19(11-12)14-4-2-3-5-14/h12-14H,2-11H2,1H3,(H,17,21)/t12-/m1/s1. The van der Waals surface area contributed by atoms with E-state index in [4.69, 9.17) is 0 Å². The Hall–Kier alpha value is -1.10. The average Bonchev–Trinajstić information content (AvgIpc) is 3.04. The van der Waals surface area contributed by atoms with Gasteiger partial charge in [0.15, 0.2) is 0 Å². The summed E-state index contributed by atoms with van der Waals surface area (Å²) >= 11 is 0. The minimum atomic E-state index is -0.135. The zero-order valence-electron chi connectivity index (χ0n) is 13.0. The summed E-state index contributed by atoms with van der Waals surface area (Å²) in [4.78, 5) is 28.6. The second-order valence-electron chi connectivity index (χ2n) is 6.89. The van der Waals surface area contributed by atoms with E-state index < -0.39 is 0 Å². The van der Waals surface area contributed by atoms with Crippen molar-refractivity contribution in [1.29, 1.82) is 0 Å². The van der Waals surface area contributed by atoms with Crippen LogP contribution in [0, 0.1) is 5.92 Å². The molecule has 1 saturated heterocycles. The van der Waals surface area contributed by atoms with Gasteiger partial charge in [0, 0.05) is 38.1 Å². The fourth-order valence-corrected chi connectivity index (χ4v) is 3.67. The molecule has 2 saturated carbocycles. The summed E-state index contributed by atoms with van der Waals surface area (Å²) in [6, 6.07) is 1.13. The molecule has 2 aliphatic carbocycles. The van der Waals surface area contributed by atoms with Gasteiger partial charge in [0.1, 0.15) is 0 Å². The highest BCUT2D eigenvalue weighted by molar-refractivity contribution is 5.89. The van der Waals surface area contributed by atoms with Crippen molar-refractivity contribution < 1.29 is 9.59 Å². The van der Waals surface area contributed by atoms with Crippen LogP contribution in [-0.4, -0.2) is 60.4 Å². The number of nitrogens with one attached hydrogen (secondary N) is 1. The van der Waals surface area contributed by atoms with Crippen LogP contribution < -0.4 is 5.32 Å². The smallest absolute Gasteiger partial charge is 0.225 e. The zero-order chi connectivity index (χ0) is 14.8. The third-order valence-corrected chi connectivity index (χ3v) is 5.23. The van der Waals surface area contributed by atoms with E-state index in [1.54, 1.807) is 0 Å². The van der Waals surface area contributed by atoms with Crippen molar-refractivity contribution in [1.82, 2.24) is 15.1 Å². The topological polar surface area (TPSA) is 52.7 Å². The summed E-state index contributed by atoms with van der Waals surface area (Å²) in [6.07, 6.45) is 7.66. The van der Waals surface area contributed by atoms with Crippen molar-refractivity contribution in [2.75, 3.05) is 26.7 Å². The summed E-state index contributed by atoms with van der Waals surface area (Å²) in [5.74, 6) is 0.106. The van der Waals surface area contributed by atoms with E-state index in [9.17, 15) is 9.59 Å². The molecule has 3 aliphatic rings. The molecule has 0 aromatic rings. The van der Waals surface area contributed by atoms with Crippen molar-refractivity contribution in [2.24, 2.45) is 5.92 Å². The fraction of sp³-hybridized carbons (Fsp3) is 0.875. The van der Waals surface area contributed by atoms with Gasteiger partial charge in [0.05, 0.1) is 5.92 Å². The number of likely N-dealkylation sites (N-methyl/N-ethyl adjacent to an activating group) is 1. The predicted molar refractivity (Wildman–Crippen MR) is 80.7 cm³/mol. The molecule has 1 heterocycles. The summed E-state index contributed by atoms with van der Waals surface area (Å²) < 4.78 is 0. The molecule has 0 unspecified atom stereocenters. The van der Waals surface area contributed by atoms with Crippen molar-refractivity contribution in [3.8, 4) is 0 Å². The second-order valence-corrected chi connectivity index (χ2v) is 6.89. The molecular weight excluding hydrogens is 266 g/mol. The Labute approximate surface area is 127 Å². The largest absolute Gasteiger partial charge is 0.355 e. The van der Waals surface area contributed by atoms with Crippen LogP contribution in [0.5, 0.6) is 0 Å². The lowest BCUT2D eigenvalue weighted by Gasteiger charge is -2.24. The lowest BCUT2D eigenvalue weighted by Crippen LogP contribution is -2.39. The Morgan fingerprint density at radius 2 is 2.00 bits per heavy atom. The first kappa shape index (κ1) is 14.8. The molecular formula is C16H27N3O2. The van der Waals surface area contributed by atoms with E-state index in [0.717, 1.165) is 25.4 Å². The van der Waals surface area contributed by atoms with Gasteiger partial charge in [-0.2, -0.15) is 0 Å². The van der Waals surface area contributed by atoms with Gasteiger partial charge in [0.2, 0.25) is 11.8 Å². The highest BCUT2D eigenvalue weighted by Gasteiger charge is 2.38. The SMILES string of the molecule is CN(CCNC(=O)[C@@H]1CC(=O)N(C2CCCC2)C1)C1CC1. The number of likely N-dealkylation sites (tertiary alicyclic amines) is 1. The number of carbonyl (C=O) groups excluding carboxylic acids is 2.